The highest BCUT2D eigenvalue weighted by Crippen LogP contribution is 1.97. The molecule has 0 spiro atoms. The number of amides is 2. The molecular formula is C11H23N3O2. The maximum atomic E-state index is 11.4. The quantitative estimate of drug-likeness (QED) is 0.562. The van der Waals surface area contributed by atoms with Crippen molar-refractivity contribution in [1.29, 1.82) is 0 Å². The average Bonchev–Trinajstić information content (AvgIpc) is 2.14. The van der Waals surface area contributed by atoms with Gasteiger partial charge in [0.1, 0.15) is 0 Å². The Morgan fingerprint density at radius 2 is 1.75 bits per heavy atom. The van der Waals surface area contributed by atoms with Crippen molar-refractivity contribution in [2.24, 2.45) is 0 Å². The third kappa shape index (κ3) is 9.45. The lowest BCUT2D eigenvalue weighted by Crippen LogP contribution is -2.45. The molecule has 3 N–H and O–H groups in total. The first-order chi connectivity index (χ1) is 7.35. The van der Waals surface area contributed by atoms with Crippen LogP contribution in [0.4, 0.5) is 0 Å². The van der Waals surface area contributed by atoms with Crippen molar-refractivity contribution in [1.82, 2.24) is 16.0 Å². The summed E-state index contributed by atoms with van der Waals surface area (Å²) in [5, 5.41) is 8.39. The van der Waals surface area contributed by atoms with Crippen LogP contribution in [0.5, 0.6) is 0 Å². The van der Waals surface area contributed by atoms with Crippen molar-refractivity contribution in [2.75, 3.05) is 20.1 Å². The number of nitrogens with one attached hydrogen (secondary N) is 3. The average molecular weight is 229 g/mol. The van der Waals surface area contributed by atoms with E-state index in [1.807, 2.05) is 20.8 Å². The number of carbonyl (C=O) groups excluding carboxylic acids is 2. The number of carbonyl (C=O) groups is 2. The third-order valence-electron chi connectivity index (χ3n) is 1.84. The Hall–Kier alpha value is -1.10. The molecule has 0 saturated heterocycles. The van der Waals surface area contributed by atoms with Crippen LogP contribution in [0.25, 0.3) is 0 Å². The lowest BCUT2D eigenvalue weighted by atomic mass is 10.1. The summed E-state index contributed by atoms with van der Waals surface area (Å²) in [5.74, 6) is 0.00776. The summed E-state index contributed by atoms with van der Waals surface area (Å²) in [6, 6.07) is 0. The molecular weight excluding hydrogens is 206 g/mol. The Kier molecular flexibility index (Phi) is 6.72. The summed E-state index contributed by atoms with van der Waals surface area (Å²) in [5.41, 5.74) is -0.194. The maximum Gasteiger partial charge on any atom is 0.234 e. The molecule has 0 aromatic carbocycles. The lowest BCUT2D eigenvalue weighted by molar-refractivity contribution is -0.121. The van der Waals surface area contributed by atoms with Gasteiger partial charge < -0.3 is 16.0 Å². The summed E-state index contributed by atoms with van der Waals surface area (Å²) in [6.07, 6.45) is 1.23. The lowest BCUT2D eigenvalue weighted by Gasteiger charge is -2.20. The Morgan fingerprint density at radius 1 is 1.12 bits per heavy atom. The molecule has 0 aliphatic carbocycles. The molecule has 0 atom stereocenters. The molecule has 0 aromatic rings. The van der Waals surface area contributed by atoms with Crippen LogP contribution in [0, 0.1) is 0 Å². The molecule has 0 fully saturated rings. The fraction of sp³-hybridized carbons (Fsp3) is 0.818. The van der Waals surface area contributed by atoms with Crippen LogP contribution in [0.3, 0.4) is 0 Å². The zero-order valence-corrected chi connectivity index (χ0v) is 10.6. The molecule has 0 unspecified atom stereocenters. The van der Waals surface area contributed by atoms with Gasteiger partial charge in [0.2, 0.25) is 11.8 Å². The molecule has 0 bridgehead atoms. The van der Waals surface area contributed by atoms with Gasteiger partial charge in [-0.25, -0.2) is 0 Å². The summed E-state index contributed by atoms with van der Waals surface area (Å²) in [6.45, 7) is 6.79. The highest BCUT2D eigenvalue weighted by Gasteiger charge is 2.12. The number of hydrogen-bond donors (Lipinski definition) is 3. The van der Waals surface area contributed by atoms with E-state index >= 15 is 0 Å². The maximum absolute atomic E-state index is 11.4. The van der Waals surface area contributed by atoms with E-state index in [4.69, 9.17) is 0 Å². The third-order valence-corrected chi connectivity index (χ3v) is 1.84. The molecule has 0 aromatic heterocycles. The van der Waals surface area contributed by atoms with Gasteiger partial charge >= 0.3 is 0 Å². The molecule has 16 heavy (non-hydrogen) atoms. The van der Waals surface area contributed by atoms with Crippen molar-refractivity contribution < 1.29 is 9.59 Å². The van der Waals surface area contributed by atoms with E-state index in [1.165, 1.54) is 0 Å². The molecule has 0 saturated carbocycles. The largest absolute Gasteiger partial charge is 0.359 e. The summed E-state index contributed by atoms with van der Waals surface area (Å²) >= 11 is 0. The molecule has 0 aliphatic rings. The first-order valence-corrected chi connectivity index (χ1v) is 5.57. The van der Waals surface area contributed by atoms with Gasteiger partial charge in [-0.1, -0.05) is 0 Å². The van der Waals surface area contributed by atoms with Crippen LogP contribution in [0.15, 0.2) is 0 Å². The van der Waals surface area contributed by atoms with E-state index in [1.54, 1.807) is 7.05 Å². The minimum absolute atomic E-state index is 0.0209. The summed E-state index contributed by atoms with van der Waals surface area (Å²) in [7, 11) is 1.62. The fourth-order valence-corrected chi connectivity index (χ4v) is 1.16. The van der Waals surface area contributed by atoms with Gasteiger partial charge in [-0.15, -0.1) is 0 Å². The van der Waals surface area contributed by atoms with Gasteiger partial charge in [-0.05, 0) is 33.7 Å². The Labute approximate surface area is 97.4 Å². The zero-order valence-electron chi connectivity index (χ0n) is 10.6. The summed E-state index contributed by atoms with van der Waals surface area (Å²) in [4.78, 5) is 22.2. The highest BCUT2D eigenvalue weighted by atomic mass is 16.2. The van der Waals surface area contributed by atoms with Gasteiger partial charge in [0, 0.05) is 19.0 Å². The van der Waals surface area contributed by atoms with E-state index < -0.39 is 0 Å². The van der Waals surface area contributed by atoms with Crippen molar-refractivity contribution in [2.45, 2.75) is 39.2 Å². The molecule has 5 nitrogen and oxygen atoms in total. The normalized spacial score (nSPS) is 11.0. The van der Waals surface area contributed by atoms with Crippen LogP contribution in [-0.4, -0.2) is 37.5 Å². The zero-order chi connectivity index (χ0) is 12.6. The Morgan fingerprint density at radius 3 is 2.25 bits per heavy atom. The first-order valence-electron chi connectivity index (χ1n) is 5.57. The monoisotopic (exact) mass is 229 g/mol. The fourth-order valence-electron chi connectivity index (χ4n) is 1.16. The SMILES string of the molecule is CNC(=O)CCCNCC(=O)NC(C)(C)C. The predicted molar refractivity (Wildman–Crippen MR) is 64.1 cm³/mol. The smallest absolute Gasteiger partial charge is 0.234 e. The Bertz CT molecular complexity index is 234. The second-order valence-electron chi connectivity index (χ2n) is 4.75. The predicted octanol–water partition coefficient (Wildman–Crippen LogP) is 0.0169. The van der Waals surface area contributed by atoms with Crippen LogP contribution in [0.2, 0.25) is 0 Å². The molecule has 0 aliphatic heterocycles. The molecule has 0 radical (unpaired) electrons. The van der Waals surface area contributed by atoms with Gasteiger partial charge in [-0.3, -0.25) is 9.59 Å². The van der Waals surface area contributed by atoms with Crippen molar-refractivity contribution in [3.8, 4) is 0 Å². The van der Waals surface area contributed by atoms with Crippen molar-refractivity contribution >= 4 is 11.8 Å². The topological polar surface area (TPSA) is 70.2 Å². The standard InChI is InChI=1S/C11H23N3O2/c1-11(2,3)14-10(16)8-13-7-5-6-9(15)12-4/h13H,5-8H2,1-4H3,(H,12,15)(H,14,16). The van der Waals surface area contributed by atoms with Gasteiger partial charge in [0.25, 0.3) is 0 Å². The molecule has 5 heteroatoms. The van der Waals surface area contributed by atoms with Crippen molar-refractivity contribution in [3.63, 3.8) is 0 Å². The first kappa shape index (κ1) is 14.9. The second-order valence-corrected chi connectivity index (χ2v) is 4.75. The van der Waals surface area contributed by atoms with Crippen LogP contribution >= 0.6 is 0 Å². The highest BCUT2D eigenvalue weighted by molar-refractivity contribution is 5.78. The van der Waals surface area contributed by atoms with Gasteiger partial charge in [-0.2, -0.15) is 0 Å². The second kappa shape index (κ2) is 7.22. The van der Waals surface area contributed by atoms with E-state index in [9.17, 15) is 9.59 Å². The van der Waals surface area contributed by atoms with E-state index in [0.717, 1.165) is 6.42 Å². The van der Waals surface area contributed by atoms with Gasteiger partial charge in [0.05, 0.1) is 6.54 Å². The molecule has 2 amide bonds. The number of rotatable bonds is 6. The molecule has 0 rings (SSSR count). The van der Waals surface area contributed by atoms with Crippen molar-refractivity contribution in [3.05, 3.63) is 0 Å². The summed E-state index contributed by atoms with van der Waals surface area (Å²) < 4.78 is 0. The van der Waals surface area contributed by atoms with Crippen LogP contribution in [0.1, 0.15) is 33.6 Å². The molecule has 94 valence electrons. The van der Waals surface area contributed by atoms with Crippen LogP contribution in [-0.2, 0) is 9.59 Å². The molecule has 0 heterocycles. The minimum Gasteiger partial charge on any atom is -0.359 e. The Balaban J connectivity index is 3.45. The van der Waals surface area contributed by atoms with E-state index in [0.29, 0.717) is 19.5 Å². The van der Waals surface area contributed by atoms with Gasteiger partial charge in [0.15, 0.2) is 0 Å². The minimum atomic E-state index is -0.194. The van der Waals surface area contributed by atoms with Crippen LogP contribution < -0.4 is 16.0 Å². The van der Waals surface area contributed by atoms with E-state index in [2.05, 4.69) is 16.0 Å². The number of hydrogen-bond acceptors (Lipinski definition) is 3. The van der Waals surface area contributed by atoms with E-state index in [-0.39, 0.29) is 17.4 Å².